The minimum Gasteiger partial charge on any atom is -0.459 e. The van der Waals surface area contributed by atoms with Crippen LogP contribution < -0.4 is 0 Å². The van der Waals surface area contributed by atoms with Crippen LogP contribution in [-0.4, -0.2) is 70.7 Å². The molecule has 134 valence electrons. The van der Waals surface area contributed by atoms with Gasteiger partial charge in [-0.15, -0.1) is 10.2 Å². The molecule has 25 heavy (non-hydrogen) atoms. The Morgan fingerprint density at radius 2 is 2.16 bits per heavy atom. The highest BCUT2D eigenvalue weighted by Gasteiger charge is 2.37. The summed E-state index contributed by atoms with van der Waals surface area (Å²) in [5.74, 6) is 2.07. The molecule has 0 unspecified atom stereocenters. The number of nitrogens with zero attached hydrogens (tertiary/aromatic N) is 5. The van der Waals surface area contributed by atoms with Crippen molar-refractivity contribution < 1.29 is 13.6 Å². The quantitative estimate of drug-likeness (QED) is 0.845. The van der Waals surface area contributed by atoms with Crippen molar-refractivity contribution in [2.24, 2.45) is 5.92 Å². The van der Waals surface area contributed by atoms with Crippen LogP contribution in [-0.2, 0) is 6.54 Å². The van der Waals surface area contributed by atoms with Crippen molar-refractivity contribution in [2.45, 2.75) is 25.4 Å². The van der Waals surface area contributed by atoms with Crippen LogP contribution in [0.4, 0.5) is 4.79 Å². The second kappa shape index (κ2) is 6.51. The molecule has 5 rings (SSSR count). The van der Waals surface area contributed by atoms with Gasteiger partial charge in [0.2, 0.25) is 5.89 Å². The summed E-state index contributed by atoms with van der Waals surface area (Å²) < 4.78 is 11.0. The zero-order chi connectivity index (χ0) is 17.4. The van der Waals surface area contributed by atoms with Crippen LogP contribution in [0.3, 0.4) is 0 Å². The van der Waals surface area contributed by atoms with Gasteiger partial charge in [0.15, 0.2) is 5.76 Å². The maximum Gasteiger partial charge on any atom is 0.319 e. The molecule has 0 saturated carbocycles. The lowest BCUT2D eigenvalue weighted by atomic mass is 9.95. The standard InChI is InChI=1S/C17H23N5O3/c1-20(2)17(23)22-9-12-5-6-13(10-22)21(8-12)11-15-18-19-16(25-15)14-4-3-7-24-14/h3-4,7,12-13H,5-6,8-11H2,1-2H3/t12-,13-/m0/s1. The van der Waals surface area contributed by atoms with Crippen molar-refractivity contribution in [1.82, 2.24) is 24.9 Å². The number of carbonyl (C=O) groups excluding carboxylic acids is 1. The first-order chi connectivity index (χ1) is 12.1. The van der Waals surface area contributed by atoms with Crippen molar-refractivity contribution in [2.75, 3.05) is 33.7 Å². The topological polar surface area (TPSA) is 78.9 Å². The van der Waals surface area contributed by atoms with E-state index >= 15 is 0 Å². The minimum absolute atomic E-state index is 0.0941. The van der Waals surface area contributed by atoms with E-state index in [1.54, 1.807) is 23.3 Å². The third-order valence-corrected chi connectivity index (χ3v) is 5.02. The van der Waals surface area contributed by atoms with E-state index in [0.29, 0.717) is 36.0 Å². The number of carbonyl (C=O) groups is 1. The molecule has 8 nitrogen and oxygen atoms in total. The second-order valence-electron chi connectivity index (χ2n) is 7.09. The molecule has 3 saturated heterocycles. The lowest BCUT2D eigenvalue weighted by molar-refractivity contribution is 0.112. The predicted molar refractivity (Wildman–Crippen MR) is 89.6 cm³/mol. The number of hydrogen-bond acceptors (Lipinski definition) is 6. The number of fused-ring (bicyclic) bond motifs is 4. The fraction of sp³-hybridized carbons (Fsp3) is 0.588. The van der Waals surface area contributed by atoms with Gasteiger partial charge in [0.05, 0.1) is 12.8 Å². The Labute approximate surface area is 146 Å². The highest BCUT2D eigenvalue weighted by atomic mass is 16.4. The second-order valence-corrected chi connectivity index (χ2v) is 7.09. The monoisotopic (exact) mass is 345 g/mol. The van der Waals surface area contributed by atoms with E-state index in [-0.39, 0.29) is 6.03 Å². The average Bonchev–Trinajstić information content (AvgIpc) is 3.20. The summed E-state index contributed by atoms with van der Waals surface area (Å²) in [6, 6.07) is 4.03. The largest absolute Gasteiger partial charge is 0.459 e. The molecule has 5 heterocycles. The molecule has 3 aliphatic rings. The Kier molecular flexibility index (Phi) is 4.20. The van der Waals surface area contributed by atoms with Crippen LogP contribution in [0, 0.1) is 5.92 Å². The third kappa shape index (κ3) is 3.26. The van der Waals surface area contributed by atoms with Gasteiger partial charge >= 0.3 is 6.03 Å². The Morgan fingerprint density at radius 1 is 1.28 bits per heavy atom. The summed E-state index contributed by atoms with van der Waals surface area (Å²) in [7, 11) is 3.61. The number of urea groups is 1. The predicted octanol–water partition coefficient (Wildman–Crippen LogP) is 1.91. The fourth-order valence-electron chi connectivity index (χ4n) is 3.80. The van der Waals surface area contributed by atoms with Gasteiger partial charge in [0, 0.05) is 39.8 Å². The van der Waals surface area contributed by atoms with E-state index in [9.17, 15) is 4.79 Å². The SMILES string of the molecule is CN(C)C(=O)N1C[C@H]2CC[C@@H](C1)N(Cc1nnc(-c3ccco3)o1)C2. The molecule has 0 aromatic carbocycles. The van der Waals surface area contributed by atoms with Crippen LogP contribution in [0.2, 0.25) is 0 Å². The Bertz CT molecular complexity index is 726. The number of amides is 2. The highest BCUT2D eigenvalue weighted by molar-refractivity contribution is 5.74. The number of rotatable bonds is 3. The molecule has 2 aromatic heterocycles. The van der Waals surface area contributed by atoms with Gasteiger partial charge in [-0.05, 0) is 30.9 Å². The van der Waals surface area contributed by atoms with E-state index in [1.807, 2.05) is 19.0 Å². The highest BCUT2D eigenvalue weighted by Crippen LogP contribution is 2.30. The lowest BCUT2D eigenvalue weighted by Gasteiger charge is -2.34. The number of piperidine rings is 1. The molecule has 0 N–H and O–H groups in total. The average molecular weight is 345 g/mol. The van der Waals surface area contributed by atoms with Crippen LogP contribution in [0.15, 0.2) is 27.2 Å². The molecule has 0 spiro atoms. The molecular weight excluding hydrogens is 322 g/mol. The molecular formula is C17H23N5O3. The van der Waals surface area contributed by atoms with Crippen molar-refractivity contribution in [3.8, 4) is 11.7 Å². The van der Waals surface area contributed by atoms with E-state index in [0.717, 1.165) is 26.1 Å². The summed E-state index contributed by atoms with van der Waals surface area (Å²) in [5, 5.41) is 8.22. The van der Waals surface area contributed by atoms with Gasteiger partial charge in [-0.3, -0.25) is 4.90 Å². The van der Waals surface area contributed by atoms with E-state index in [1.165, 1.54) is 6.42 Å². The molecule has 3 fully saturated rings. The van der Waals surface area contributed by atoms with Gasteiger partial charge in [0.1, 0.15) is 0 Å². The van der Waals surface area contributed by atoms with Gasteiger partial charge in [-0.1, -0.05) is 0 Å². The molecule has 2 bridgehead atoms. The Morgan fingerprint density at radius 3 is 2.92 bits per heavy atom. The normalized spacial score (nSPS) is 23.7. The van der Waals surface area contributed by atoms with Crippen LogP contribution in [0.5, 0.6) is 0 Å². The number of furan rings is 1. The van der Waals surface area contributed by atoms with Crippen LogP contribution >= 0.6 is 0 Å². The van der Waals surface area contributed by atoms with Gasteiger partial charge < -0.3 is 18.6 Å². The number of hydrogen-bond donors (Lipinski definition) is 0. The zero-order valence-corrected chi connectivity index (χ0v) is 14.6. The van der Waals surface area contributed by atoms with Crippen molar-refractivity contribution >= 4 is 6.03 Å². The maximum atomic E-state index is 12.4. The Balaban J connectivity index is 1.46. The van der Waals surface area contributed by atoms with E-state index in [2.05, 4.69) is 15.1 Å². The molecule has 2 atom stereocenters. The summed E-state index contributed by atoms with van der Waals surface area (Å²) in [4.78, 5) is 18.4. The molecule has 0 radical (unpaired) electrons. The fourth-order valence-corrected chi connectivity index (χ4v) is 3.80. The maximum absolute atomic E-state index is 12.4. The molecule has 0 aliphatic carbocycles. The summed E-state index contributed by atoms with van der Waals surface area (Å²) in [6.45, 7) is 3.15. The first kappa shape index (κ1) is 16.1. The third-order valence-electron chi connectivity index (χ3n) is 5.02. The van der Waals surface area contributed by atoms with Crippen LogP contribution in [0.1, 0.15) is 18.7 Å². The minimum atomic E-state index is 0.0941. The van der Waals surface area contributed by atoms with Gasteiger partial charge in [-0.25, -0.2) is 4.79 Å². The Hall–Kier alpha value is -2.35. The van der Waals surface area contributed by atoms with E-state index in [4.69, 9.17) is 8.83 Å². The van der Waals surface area contributed by atoms with E-state index < -0.39 is 0 Å². The van der Waals surface area contributed by atoms with Crippen molar-refractivity contribution in [3.05, 3.63) is 24.3 Å². The van der Waals surface area contributed by atoms with Crippen molar-refractivity contribution in [1.29, 1.82) is 0 Å². The smallest absolute Gasteiger partial charge is 0.319 e. The van der Waals surface area contributed by atoms with Gasteiger partial charge in [-0.2, -0.15) is 0 Å². The molecule has 8 heteroatoms. The summed E-state index contributed by atoms with van der Waals surface area (Å²) in [6.07, 6.45) is 3.85. The van der Waals surface area contributed by atoms with Gasteiger partial charge in [0.25, 0.3) is 5.89 Å². The molecule has 2 aromatic rings. The van der Waals surface area contributed by atoms with Crippen molar-refractivity contribution in [3.63, 3.8) is 0 Å². The lowest BCUT2D eigenvalue weighted by Crippen LogP contribution is -2.45. The summed E-state index contributed by atoms with van der Waals surface area (Å²) in [5.41, 5.74) is 0. The molecule has 2 amide bonds. The number of aromatic nitrogens is 2. The first-order valence-electron chi connectivity index (χ1n) is 8.66. The van der Waals surface area contributed by atoms with Crippen LogP contribution in [0.25, 0.3) is 11.7 Å². The zero-order valence-electron chi connectivity index (χ0n) is 14.6. The first-order valence-corrected chi connectivity index (χ1v) is 8.66. The molecule has 3 aliphatic heterocycles. The summed E-state index contributed by atoms with van der Waals surface area (Å²) >= 11 is 0.